The Hall–Kier alpha value is -3.42. The maximum absolute atomic E-state index is 12.6. The topological polar surface area (TPSA) is 170 Å². The van der Waals surface area contributed by atoms with Gasteiger partial charge < -0.3 is 48.8 Å². The number of phenolic OH excluding ortho intramolecular Hbond substituents is 1. The number of aliphatic hydroxyl groups is 3. The molecule has 12 nitrogen and oxygen atoms in total. The highest BCUT2D eigenvalue weighted by Gasteiger charge is 2.50. The van der Waals surface area contributed by atoms with Crippen LogP contribution in [0.4, 0.5) is 0 Å². The summed E-state index contributed by atoms with van der Waals surface area (Å²) in [6, 6.07) is 4.44. The van der Waals surface area contributed by atoms with E-state index in [9.17, 15) is 30.0 Å². The summed E-state index contributed by atoms with van der Waals surface area (Å²) in [6.45, 7) is -0.634. The molecule has 0 amide bonds. The summed E-state index contributed by atoms with van der Waals surface area (Å²) in [4.78, 5) is 24.8. The number of aromatic hydroxyl groups is 1. The van der Waals surface area contributed by atoms with Gasteiger partial charge in [0.05, 0.1) is 32.7 Å². The van der Waals surface area contributed by atoms with Gasteiger partial charge in [0, 0.05) is 17.9 Å². The Bertz CT molecular complexity index is 1110. The molecule has 0 aromatic heterocycles. The minimum Gasteiger partial charge on any atom is -0.504 e. The quantitative estimate of drug-likeness (QED) is 0.206. The van der Waals surface area contributed by atoms with E-state index in [1.54, 1.807) is 6.07 Å². The van der Waals surface area contributed by atoms with Crippen LogP contribution in [0.15, 0.2) is 48.3 Å². The summed E-state index contributed by atoms with van der Waals surface area (Å²) >= 11 is 0. The van der Waals surface area contributed by atoms with Crippen molar-refractivity contribution in [1.29, 1.82) is 0 Å². The third kappa shape index (κ3) is 5.69. The number of allylic oxidation sites excluding steroid dienone is 1. The van der Waals surface area contributed by atoms with Gasteiger partial charge in [-0.3, -0.25) is 0 Å². The zero-order chi connectivity index (χ0) is 27.4. The molecular weight excluding hydrogens is 504 g/mol. The Balaban J connectivity index is 1.51. The summed E-state index contributed by atoms with van der Waals surface area (Å²) in [5.41, 5.74) is 0.864. The minimum atomic E-state index is -1.66. The van der Waals surface area contributed by atoms with Gasteiger partial charge in [-0.15, -0.1) is 0 Å². The average molecular weight is 535 g/mol. The van der Waals surface area contributed by atoms with Crippen LogP contribution in [0.5, 0.6) is 11.5 Å². The lowest BCUT2D eigenvalue weighted by atomic mass is 9.86. The van der Waals surface area contributed by atoms with Gasteiger partial charge in [0.1, 0.15) is 18.3 Å². The van der Waals surface area contributed by atoms with Crippen LogP contribution in [0.1, 0.15) is 12.0 Å². The van der Waals surface area contributed by atoms with Crippen molar-refractivity contribution in [1.82, 2.24) is 0 Å². The highest BCUT2D eigenvalue weighted by atomic mass is 16.8. The van der Waals surface area contributed by atoms with Crippen molar-refractivity contribution in [2.24, 2.45) is 11.8 Å². The van der Waals surface area contributed by atoms with Crippen molar-refractivity contribution in [3.63, 3.8) is 0 Å². The number of benzene rings is 1. The Morgan fingerprint density at radius 2 is 1.95 bits per heavy atom. The number of esters is 2. The predicted molar refractivity (Wildman–Crippen MR) is 128 cm³/mol. The van der Waals surface area contributed by atoms with Crippen LogP contribution in [-0.4, -0.2) is 90.2 Å². The van der Waals surface area contributed by atoms with Crippen LogP contribution in [-0.2, 0) is 33.3 Å². The van der Waals surface area contributed by atoms with Gasteiger partial charge in [-0.05, 0) is 30.2 Å². The van der Waals surface area contributed by atoms with E-state index in [0.717, 1.165) is 6.08 Å². The summed E-state index contributed by atoms with van der Waals surface area (Å²) in [5.74, 6) is -1.96. The van der Waals surface area contributed by atoms with Crippen LogP contribution in [0.2, 0.25) is 0 Å². The van der Waals surface area contributed by atoms with E-state index < -0.39 is 61.5 Å². The van der Waals surface area contributed by atoms with E-state index in [4.69, 9.17) is 28.4 Å². The molecule has 2 heterocycles. The number of hydrogen-bond acceptors (Lipinski definition) is 12. The lowest BCUT2D eigenvalue weighted by Gasteiger charge is -2.43. The molecule has 4 rings (SSSR count). The van der Waals surface area contributed by atoms with E-state index in [1.165, 1.54) is 38.7 Å². The van der Waals surface area contributed by atoms with Gasteiger partial charge in [0.25, 0.3) is 0 Å². The zero-order valence-electron chi connectivity index (χ0n) is 20.7. The first-order valence-electron chi connectivity index (χ1n) is 11.9. The number of rotatable bonds is 8. The largest absolute Gasteiger partial charge is 0.504 e. The van der Waals surface area contributed by atoms with Crippen molar-refractivity contribution in [2.45, 2.75) is 43.4 Å². The van der Waals surface area contributed by atoms with Crippen molar-refractivity contribution in [2.75, 3.05) is 20.8 Å². The lowest BCUT2D eigenvalue weighted by molar-refractivity contribution is -0.339. The summed E-state index contributed by atoms with van der Waals surface area (Å²) in [7, 11) is 2.66. The smallest absolute Gasteiger partial charge is 0.337 e. The van der Waals surface area contributed by atoms with Gasteiger partial charge in [0.15, 0.2) is 17.6 Å². The molecule has 2 aliphatic heterocycles. The second-order valence-electron chi connectivity index (χ2n) is 8.93. The second-order valence-corrected chi connectivity index (χ2v) is 8.93. The Labute approximate surface area is 218 Å². The van der Waals surface area contributed by atoms with Gasteiger partial charge in [0.2, 0.25) is 12.6 Å². The predicted octanol–water partition coefficient (Wildman–Crippen LogP) is 0.387. The van der Waals surface area contributed by atoms with Crippen molar-refractivity contribution in [3.8, 4) is 11.5 Å². The molecule has 4 N–H and O–H groups in total. The number of carbonyl (C=O) groups excluding carboxylic acids is 2. The van der Waals surface area contributed by atoms with Crippen molar-refractivity contribution < 1.29 is 58.4 Å². The number of methoxy groups -OCH3 is 2. The second kappa shape index (κ2) is 12.0. The van der Waals surface area contributed by atoms with Crippen molar-refractivity contribution >= 4 is 18.0 Å². The average Bonchev–Trinajstić information content (AvgIpc) is 3.42. The SMILES string of the molecule is COC(=O)C1=CO[C@@H](O[C@@H]2O[C@H](CO)[C@@H](O)[C@H](O)[C@H]2OC(=O)/C=C/c2ccc(O)c(OC)c2)[C@@H]2C=CC[C@H]12. The molecule has 8 atom stereocenters. The Kier molecular flexibility index (Phi) is 8.69. The highest BCUT2D eigenvalue weighted by molar-refractivity contribution is 5.89. The molecule has 3 aliphatic rings. The Morgan fingerprint density at radius 1 is 1.16 bits per heavy atom. The molecule has 12 heteroatoms. The molecular formula is C26H30O12. The van der Waals surface area contributed by atoms with E-state index in [0.29, 0.717) is 17.6 Å². The lowest BCUT2D eigenvalue weighted by Crippen LogP contribution is -2.61. The number of fused-ring (bicyclic) bond motifs is 1. The third-order valence-electron chi connectivity index (χ3n) is 6.64. The monoisotopic (exact) mass is 534 g/mol. The van der Waals surface area contributed by atoms with Gasteiger partial charge in [-0.1, -0.05) is 18.2 Å². The van der Waals surface area contributed by atoms with Crippen LogP contribution < -0.4 is 4.74 Å². The zero-order valence-corrected chi connectivity index (χ0v) is 20.7. The molecule has 1 aliphatic carbocycles. The first-order valence-corrected chi connectivity index (χ1v) is 11.9. The van der Waals surface area contributed by atoms with E-state index in [1.807, 2.05) is 12.2 Å². The molecule has 0 bridgehead atoms. The van der Waals surface area contributed by atoms with Crippen molar-refractivity contribution in [3.05, 3.63) is 53.8 Å². The fourth-order valence-corrected chi connectivity index (χ4v) is 4.61. The maximum Gasteiger partial charge on any atom is 0.337 e. The first kappa shape index (κ1) is 27.6. The molecule has 1 aromatic carbocycles. The third-order valence-corrected chi connectivity index (χ3v) is 6.64. The summed E-state index contributed by atoms with van der Waals surface area (Å²) < 4.78 is 32.5. The fraction of sp³-hybridized carbons (Fsp3) is 0.462. The minimum absolute atomic E-state index is 0.0695. The number of phenols is 1. The molecule has 1 fully saturated rings. The maximum atomic E-state index is 12.6. The fourth-order valence-electron chi connectivity index (χ4n) is 4.61. The summed E-state index contributed by atoms with van der Waals surface area (Å²) in [5, 5.41) is 40.4. The molecule has 1 aromatic rings. The molecule has 38 heavy (non-hydrogen) atoms. The standard InChI is InChI=1S/C26H30O12/c1-33-18-10-13(6-8-17(18)28)7-9-20(29)37-23-22(31)21(30)19(11-27)36-26(23)38-25-15-5-3-4-14(15)16(12-35-25)24(32)34-2/h3,5-10,12,14-15,19,21-23,25-28,30-31H,4,11H2,1-2H3/b9-7+/t14-,15+,19+,21+,22-,23+,25-,26-/m0/s1. The van der Waals surface area contributed by atoms with E-state index >= 15 is 0 Å². The molecule has 206 valence electrons. The normalized spacial score (nSPS) is 32.3. The number of carbonyl (C=O) groups is 2. The molecule has 0 radical (unpaired) electrons. The number of hydrogen-bond donors (Lipinski definition) is 4. The molecule has 1 saturated heterocycles. The van der Waals surface area contributed by atoms with E-state index in [2.05, 4.69) is 0 Å². The highest BCUT2D eigenvalue weighted by Crippen LogP contribution is 2.40. The van der Waals surface area contributed by atoms with Crippen LogP contribution in [0, 0.1) is 11.8 Å². The van der Waals surface area contributed by atoms with Gasteiger partial charge >= 0.3 is 11.9 Å². The van der Waals surface area contributed by atoms with E-state index in [-0.39, 0.29) is 17.4 Å². The van der Waals surface area contributed by atoms with Crippen LogP contribution in [0.25, 0.3) is 6.08 Å². The number of ether oxygens (including phenoxy) is 6. The molecule has 0 spiro atoms. The van der Waals surface area contributed by atoms with Crippen LogP contribution >= 0.6 is 0 Å². The summed E-state index contributed by atoms with van der Waals surface area (Å²) in [6.07, 6.45) is -0.375. The van der Waals surface area contributed by atoms with Crippen LogP contribution in [0.3, 0.4) is 0 Å². The number of aliphatic hydroxyl groups excluding tert-OH is 3. The van der Waals surface area contributed by atoms with Gasteiger partial charge in [-0.2, -0.15) is 0 Å². The first-order chi connectivity index (χ1) is 18.3. The Morgan fingerprint density at radius 3 is 2.66 bits per heavy atom. The van der Waals surface area contributed by atoms with Gasteiger partial charge in [-0.25, -0.2) is 9.59 Å². The molecule has 0 saturated carbocycles. The molecule has 0 unspecified atom stereocenters.